The molecule has 27 heavy (non-hydrogen) atoms. The van der Waals surface area contributed by atoms with E-state index in [4.69, 9.17) is 5.11 Å². The van der Waals surface area contributed by atoms with Crippen LogP contribution >= 0.6 is 23.7 Å². The first-order chi connectivity index (χ1) is 12.5. The Morgan fingerprint density at radius 3 is 2.70 bits per heavy atom. The number of hydrogen-bond acceptors (Lipinski definition) is 6. The van der Waals surface area contributed by atoms with Crippen LogP contribution < -0.4 is 5.32 Å². The van der Waals surface area contributed by atoms with Gasteiger partial charge in [0, 0.05) is 12.2 Å². The minimum atomic E-state index is -0.749. The van der Waals surface area contributed by atoms with Crippen LogP contribution in [0, 0.1) is 5.92 Å². The Morgan fingerprint density at radius 1 is 1.30 bits per heavy atom. The molecule has 0 saturated carbocycles. The number of hydrogen-bond donors (Lipinski definition) is 2. The van der Waals surface area contributed by atoms with Crippen LogP contribution in [0.3, 0.4) is 0 Å². The van der Waals surface area contributed by atoms with Gasteiger partial charge in [0.1, 0.15) is 5.01 Å². The first-order valence-electron chi connectivity index (χ1n) is 8.73. The second-order valence-corrected chi connectivity index (χ2v) is 7.48. The molecule has 2 aromatic rings. The lowest BCUT2D eigenvalue weighted by atomic mass is 9.98. The van der Waals surface area contributed by atoms with Crippen molar-refractivity contribution in [3.63, 3.8) is 0 Å². The zero-order chi connectivity index (χ0) is 18.5. The lowest BCUT2D eigenvalue weighted by Crippen LogP contribution is -2.38. The minimum absolute atomic E-state index is 0. The fraction of sp³-hybridized carbons (Fsp3) is 0.444. The van der Waals surface area contributed by atoms with E-state index in [-0.39, 0.29) is 24.2 Å². The zero-order valence-corrected chi connectivity index (χ0v) is 16.7. The van der Waals surface area contributed by atoms with Gasteiger partial charge in [0.2, 0.25) is 5.01 Å². The predicted molar refractivity (Wildman–Crippen MR) is 107 cm³/mol. The van der Waals surface area contributed by atoms with Crippen LogP contribution in [0.5, 0.6) is 0 Å². The fourth-order valence-corrected chi connectivity index (χ4v) is 3.79. The van der Waals surface area contributed by atoms with Gasteiger partial charge in [-0.05, 0) is 43.5 Å². The number of carbonyl (C=O) groups excluding carboxylic acids is 1. The van der Waals surface area contributed by atoms with Gasteiger partial charge in [0.15, 0.2) is 0 Å². The lowest BCUT2D eigenvalue weighted by molar-refractivity contribution is -0.143. The Labute approximate surface area is 168 Å². The number of halogens is 1. The van der Waals surface area contributed by atoms with Crippen LogP contribution in [-0.2, 0) is 17.8 Å². The van der Waals surface area contributed by atoms with E-state index in [2.05, 4.69) is 27.3 Å². The summed E-state index contributed by atoms with van der Waals surface area (Å²) in [6.07, 6.45) is 2.52. The first-order valence-corrected chi connectivity index (χ1v) is 9.54. The number of aliphatic carboxylic acids is 1. The molecule has 7 nitrogen and oxygen atoms in total. The van der Waals surface area contributed by atoms with Gasteiger partial charge in [-0.15, -0.1) is 22.6 Å². The Morgan fingerprint density at radius 2 is 2.04 bits per heavy atom. The SMILES string of the molecule is CCc1ccc(NC(=O)c2nnc(CN3CCCC(C(=O)O)C3)s2)cc1.Cl. The van der Waals surface area contributed by atoms with Gasteiger partial charge < -0.3 is 10.4 Å². The van der Waals surface area contributed by atoms with E-state index in [0.717, 1.165) is 30.1 Å². The quantitative estimate of drug-likeness (QED) is 0.759. The molecule has 1 fully saturated rings. The zero-order valence-electron chi connectivity index (χ0n) is 15.1. The van der Waals surface area contributed by atoms with E-state index in [0.29, 0.717) is 24.5 Å². The standard InChI is InChI=1S/C18H22N4O3S.ClH/c1-2-12-5-7-14(8-6-12)19-16(23)17-21-20-15(26-17)11-22-9-3-4-13(10-22)18(24)25;/h5-8,13H,2-4,9-11H2,1H3,(H,19,23)(H,24,25);1H. The summed E-state index contributed by atoms with van der Waals surface area (Å²) < 4.78 is 0. The largest absolute Gasteiger partial charge is 0.481 e. The number of carbonyl (C=O) groups is 2. The lowest BCUT2D eigenvalue weighted by Gasteiger charge is -2.29. The number of nitrogens with one attached hydrogen (secondary N) is 1. The number of carboxylic acid groups (broad SMARTS) is 1. The van der Waals surface area contributed by atoms with E-state index < -0.39 is 5.97 Å². The third kappa shape index (κ3) is 5.72. The molecule has 0 spiro atoms. The number of aryl methyl sites for hydroxylation is 1. The maximum absolute atomic E-state index is 12.3. The molecule has 1 atom stereocenters. The van der Waals surface area contributed by atoms with Crippen molar-refractivity contribution in [1.82, 2.24) is 15.1 Å². The number of nitrogens with zero attached hydrogens (tertiary/aromatic N) is 3. The van der Waals surface area contributed by atoms with Crippen LogP contribution in [0.15, 0.2) is 24.3 Å². The summed E-state index contributed by atoms with van der Waals surface area (Å²) in [6, 6.07) is 7.71. The van der Waals surface area contributed by atoms with Crippen molar-refractivity contribution < 1.29 is 14.7 Å². The van der Waals surface area contributed by atoms with Crippen molar-refractivity contribution in [3.8, 4) is 0 Å². The number of amides is 1. The molecule has 1 aliphatic rings. The van der Waals surface area contributed by atoms with Crippen molar-refractivity contribution in [2.75, 3.05) is 18.4 Å². The summed E-state index contributed by atoms with van der Waals surface area (Å²) in [6.45, 7) is 3.96. The molecule has 1 aromatic carbocycles. The Kier molecular flexibility index (Phi) is 7.70. The molecule has 1 amide bonds. The third-order valence-electron chi connectivity index (χ3n) is 4.49. The van der Waals surface area contributed by atoms with E-state index in [1.54, 1.807) is 0 Å². The topological polar surface area (TPSA) is 95.4 Å². The second kappa shape index (κ2) is 9.77. The maximum Gasteiger partial charge on any atom is 0.307 e. The molecule has 0 bridgehead atoms. The van der Waals surface area contributed by atoms with Crippen LogP contribution in [0.4, 0.5) is 5.69 Å². The molecule has 3 rings (SSSR count). The third-order valence-corrected chi connectivity index (χ3v) is 5.40. The van der Waals surface area contributed by atoms with Gasteiger partial charge >= 0.3 is 5.97 Å². The van der Waals surface area contributed by atoms with Crippen molar-refractivity contribution in [3.05, 3.63) is 39.8 Å². The number of benzene rings is 1. The van der Waals surface area contributed by atoms with Gasteiger partial charge in [-0.2, -0.15) is 0 Å². The van der Waals surface area contributed by atoms with Gasteiger partial charge in [0.05, 0.1) is 12.5 Å². The normalized spacial score (nSPS) is 17.1. The van der Waals surface area contributed by atoms with E-state index in [1.165, 1.54) is 16.9 Å². The van der Waals surface area contributed by atoms with Crippen LogP contribution in [0.2, 0.25) is 0 Å². The second-order valence-electron chi connectivity index (χ2n) is 6.42. The smallest absolute Gasteiger partial charge is 0.307 e. The number of aromatic nitrogens is 2. The highest BCUT2D eigenvalue weighted by Gasteiger charge is 2.26. The highest BCUT2D eigenvalue weighted by Crippen LogP contribution is 2.21. The molecule has 1 aromatic heterocycles. The average Bonchev–Trinajstić information content (AvgIpc) is 3.11. The molecule has 146 valence electrons. The van der Waals surface area contributed by atoms with Gasteiger partial charge in [0.25, 0.3) is 5.91 Å². The molecule has 9 heteroatoms. The van der Waals surface area contributed by atoms with E-state index >= 15 is 0 Å². The summed E-state index contributed by atoms with van der Waals surface area (Å²) in [5.74, 6) is -1.35. The summed E-state index contributed by atoms with van der Waals surface area (Å²) in [5.41, 5.74) is 1.94. The van der Waals surface area contributed by atoms with Crippen molar-refractivity contribution in [1.29, 1.82) is 0 Å². The summed E-state index contributed by atoms with van der Waals surface area (Å²) in [4.78, 5) is 25.5. The Hall–Kier alpha value is -2.03. The minimum Gasteiger partial charge on any atom is -0.481 e. The van der Waals surface area contributed by atoms with E-state index in [9.17, 15) is 9.59 Å². The van der Waals surface area contributed by atoms with Crippen LogP contribution in [0.25, 0.3) is 0 Å². The number of rotatable bonds is 6. The van der Waals surface area contributed by atoms with Crippen LogP contribution in [-0.4, -0.2) is 45.2 Å². The summed E-state index contributed by atoms with van der Waals surface area (Å²) >= 11 is 1.25. The molecule has 0 radical (unpaired) electrons. The maximum atomic E-state index is 12.3. The van der Waals surface area contributed by atoms with Crippen molar-refractivity contribution >= 4 is 41.3 Å². The highest BCUT2D eigenvalue weighted by molar-refractivity contribution is 7.13. The molecule has 1 unspecified atom stereocenters. The van der Waals surface area contributed by atoms with Gasteiger partial charge in [-0.3, -0.25) is 14.5 Å². The van der Waals surface area contributed by atoms with Crippen LogP contribution in [0.1, 0.15) is 40.1 Å². The van der Waals surface area contributed by atoms with E-state index in [1.807, 2.05) is 24.3 Å². The molecule has 2 N–H and O–H groups in total. The predicted octanol–water partition coefficient (Wildman–Crippen LogP) is 3.07. The average molecular weight is 411 g/mol. The monoisotopic (exact) mass is 410 g/mol. The van der Waals surface area contributed by atoms with Gasteiger partial charge in [-0.1, -0.05) is 30.4 Å². The summed E-state index contributed by atoms with van der Waals surface area (Å²) in [5, 5.41) is 21.1. The number of carboxylic acids is 1. The highest BCUT2D eigenvalue weighted by atomic mass is 35.5. The molecule has 2 heterocycles. The Bertz CT molecular complexity index is 781. The number of anilines is 1. The molecule has 1 aliphatic heterocycles. The molecule has 0 aliphatic carbocycles. The summed E-state index contributed by atoms with van der Waals surface area (Å²) in [7, 11) is 0. The van der Waals surface area contributed by atoms with Crippen molar-refractivity contribution in [2.45, 2.75) is 32.7 Å². The molecular weight excluding hydrogens is 388 g/mol. The number of likely N-dealkylation sites (tertiary alicyclic amines) is 1. The number of piperidine rings is 1. The Balaban J connectivity index is 0.00000261. The van der Waals surface area contributed by atoms with Crippen molar-refractivity contribution in [2.24, 2.45) is 5.92 Å². The molecule has 1 saturated heterocycles. The van der Waals surface area contributed by atoms with Gasteiger partial charge in [-0.25, -0.2) is 0 Å². The molecular formula is C18H23ClN4O3S. The fourth-order valence-electron chi connectivity index (χ4n) is 3.01. The first kappa shape index (κ1) is 21.3.